The van der Waals surface area contributed by atoms with Crippen molar-refractivity contribution < 1.29 is 9.84 Å². The van der Waals surface area contributed by atoms with Gasteiger partial charge in [0.1, 0.15) is 18.5 Å². The van der Waals surface area contributed by atoms with E-state index in [2.05, 4.69) is 17.9 Å². The van der Waals surface area contributed by atoms with Crippen LogP contribution < -0.4 is 4.74 Å². The number of hydrogen-bond donors (Lipinski definition) is 1. The van der Waals surface area contributed by atoms with Crippen LogP contribution in [0.2, 0.25) is 0 Å². The maximum Gasteiger partial charge on any atom is 0.119 e. The third kappa shape index (κ3) is 3.95. The number of benzene rings is 1. The van der Waals surface area contributed by atoms with Gasteiger partial charge in [0, 0.05) is 12.6 Å². The van der Waals surface area contributed by atoms with Gasteiger partial charge >= 0.3 is 0 Å². The van der Waals surface area contributed by atoms with Crippen LogP contribution in [0.4, 0.5) is 0 Å². The zero-order valence-electron chi connectivity index (χ0n) is 11.2. The molecule has 2 atom stereocenters. The molecule has 19 heavy (non-hydrogen) atoms. The third-order valence-electron chi connectivity index (χ3n) is 3.56. The van der Waals surface area contributed by atoms with Gasteiger partial charge in [-0.3, -0.25) is 4.90 Å². The number of rotatable bonds is 5. The Morgan fingerprint density at radius 1 is 1.47 bits per heavy atom. The van der Waals surface area contributed by atoms with Gasteiger partial charge in [0.15, 0.2) is 0 Å². The van der Waals surface area contributed by atoms with Crippen LogP contribution in [-0.2, 0) is 0 Å². The van der Waals surface area contributed by atoms with Crippen LogP contribution in [0.1, 0.15) is 25.3 Å². The molecule has 4 heteroatoms. The number of aliphatic hydroxyl groups is 1. The van der Waals surface area contributed by atoms with Crippen molar-refractivity contribution in [3.05, 3.63) is 29.8 Å². The maximum atomic E-state index is 9.97. The van der Waals surface area contributed by atoms with Crippen molar-refractivity contribution in [2.24, 2.45) is 0 Å². The van der Waals surface area contributed by atoms with Crippen molar-refractivity contribution in [2.75, 3.05) is 19.7 Å². The van der Waals surface area contributed by atoms with Crippen molar-refractivity contribution >= 4 is 0 Å². The van der Waals surface area contributed by atoms with Crippen LogP contribution in [0.3, 0.4) is 0 Å². The Morgan fingerprint density at radius 2 is 2.21 bits per heavy atom. The minimum absolute atomic E-state index is 0.287. The fourth-order valence-corrected chi connectivity index (χ4v) is 2.41. The lowest BCUT2D eigenvalue weighted by atomic mass is 10.2. The molecule has 0 amide bonds. The first-order valence-electron chi connectivity index (χ1n) is 6.74. The molecule has 1 saturated heterocycles. The second-order valence-corrected chi connectivity index (χ2v) is 5.09. The van der Waals surface area contributed by atoms with Crippen molar-refractivity contribution in [1.82, 2.24) is 4.90 Å². The predicted molar refractivity (Wildman–Crippen MR) is 72.9 cm³/mol. The summed E-state index contributed by atoms with van der Waals surface area (Å²) in [4.78, 5) is 2.30. The third-order valence-corrected chi connectivity index (χ3v) is 3.56. The van der Waals surface area contributed by atoms with E-state index >= 15 is 0 Å². The van der Waals surface area contributed by atoms with Gasteiger partial charge in [0.2, 0.25) is 0 Å². The lowest BCUT2D eigenvalue weighted by Crippen LogP contribution is -2.37. The van der Waals surface area contributed by atoms with Crippen LogP contribution in [0.5, 0.6) is 5.75 Å². The molecule has 102 valence electrons. The van der Waals surface area contributed by atoms with Gasteiger partial charge in [-0.2, -0.15) is 5.26 Å². The summed E-state index contributed by atoms with van der Waals surface area (Å²) in [6.07, 6.45) is 1.95. The Bertz CT molecular complexity index is 438. The summed E-state index contributed by atoms with van der Waals surface area (Å²) < 4.78 is 5.53. The molecule has 2 unspecified atom stereocenters. The summed E-state index contributed by atoms with van der Waals surface area (Å²) in [5, 5.41) is 18.7. The first-order valence-corrected chi connectivity index (χ1v) is 6.74. The van der Waals surface area contributed by atoms with E-state index in [4.69, 9.17) is 10.00 Å². The summed E-state index contributed by atoms with van der Waals surface area (Å²) in [7, 11) is 0. The van der Waals surface area contributed by atoms with E-state index in [1.165, 1.54) is 12.8 Å². The zero-order chi connectivity index (χ0) is 13.7. The van der Waals surface area contributed by atoms with Crippen LogP contribution in [0, 0.1) is 11.3 Å². The average Bonchev–Trinajstić information content (AvgIpc) is 2.82. The molecule has 0 spiro atoms. The minimum Gasteiger partial charge on any atom is -0.491 e. The molecule has 1 fully saturated rings. The fraction of sp³-hybridized carbons (Fsp3) is 0.533. The molecule has 0 bridgehead atoms. The number of hydrogen-bond acceptors (Lipinski definition) is 4. The Hall–Kier alpha value is -1.57. The molecule has 0 aliphatic carbocycles. The normalized spacial score (nSPS) is 21.0. The lowest BCUT2D eigenvalue weighted by Gasteiger charge is -2.24. The van der Waals surface area contributed by atoms with Gasteiger partial charge in [0.05, 0.1) is 11.6 Å². The van der Waals surface area contributed by atoms with Crippen molar-refractivity contribution in [3.63, 3.8) is 0 Å². The highest BCUT2D eigenvalue weighted by atomic mass is 16.5. The first kappa shape index (κ1) is 13.9. The van der Waals surface area contributed by atoms with Crippen molar-refractivity contribution in [3.8, 4) is 11.8 Å². The summed E-state index contributed by atoms with van der Waals surface area (Å²) in [6.45, 7) is 4.21. The molecule has 4 nitrogen and oxygen atoms in total. The number of β-amino-alcohol motifs (C(OH)–C–C–N with tert-alkyl or cyclic N) is 1. The highest BCUT2D eigenvalue weighted by Gasteiger charge is 2.22. The number of nitrogens with zero attached hydrogens (tertiary/aromatic N) is 2. The first-order chi connectivity index (χ1) is 9.19. The Kier molecular flexibility index (Phi) is 4.78. The molecule has 1 aliphatic heterocycles. The minimum atomic E-state index is -0.476. The van der Waals surface area contributed by atoms with Gasteiger partial charge in [-0.25, -0.2) is 0 Å². The predicted octanol–water partition coefficient (Wildman–Crippen LogP) is 1.78. The molecule has 1 aromatic carbocycles. The SMILES string of the molecule is CC1CCCN1CC(O)COc1ccc(C#N)cc1. The summed E-state index contributed by atoms with van der Waals surface area (Å²) in [5.74, 6) is 0.688. The molecule has 0 saturated carbocycles. The highest BCUT2D eigenvalue weighted by molar-refractivity contribution is 5.34. The summed E-state index contributed by atoms with van der Waals surface area (Å²) in [6, 6.07) is 9.55. The quantitative estimate of drug-likeness (QED) is 0.877. The highest BCUT2D eigenvalue weighted by Crippen LogP contribution is 2.17. The van der Waals surface area contributed by atoms with Crippen LogP contribution in [0.25, 0.3) is 0 Å². The number of ether oxygens (including phenoxy) is 1. The average molecular weight is 260 g/mol. The summed E-state index contributed by atoms with van der Waals surface area (Å²) in [5.41, 5.74) is 0.610. The fourth-order valence-electron chi connectivity index (χ4n) is 2.41. The van der Waals surface area contributed by atoms with E-state index in [-0.39, 0.29) is 6.61 Å². The Labute approximate surface area is 114 Å². The molecular formula is C15H20N2O2. The second-order valence-electron chi connectivity index (χ2n) is 5.09. The molecule has 0 radical (unpaired) electrons. The molecule has 0 aromatic heterocycles. The second kappa shape index (κ2) is 6.55. The zero-order valence-corrected chi connectivity index (χ0v) is 11.2. The molecular weight excluding hydrogens is 240 g/mol. The van der Waals surface area contributed by atoms with Gasteiger partial charge in [-0.05, 0) is 50.6 Å². The van der Waals surface area contributed by atoms with E-state index in [0.717, 1.165) is 6.54 Å². The van der Waals surface area contributed by atoms with Crippen molar-refractivity contribution in [1.29, 1.82) is 5.26 Å². The van der Waals surface area contributed by atoms with Crippen molar-refractivity contribution in [2.45, 2.75) is 31.9 Å². The van der Waals surface area contributed by atoms with E-state index in [0.29, 0.717) is 23.9 Å². The summed E-state index contributed by atoms with van der Waals surface area (Å²) >= 11 is 0. The molecule has 1 N–H and O–H groups in total. The van der Waals surface area contributed by atoms with E-state index in [9.17, 15) is 5.11 Å². The van der Waals surface area contributed by atoms with E-state index < -0.39 is 6.10 Å². The molecule has 1 aromatic rings. The Balaban J connectivity index is 1.76. The van der Waals surface area contributed by atoms with Gasteiger partial charge in [-0.15, -0.1) is 0 Å². The van der Waals surface area contributed by atoms with Gasteiger partial charge in [0.25, 0.3) is 0 Å². The topological polar surface area (TPSA) is 56.5 Å². The number of aliphatic hydroxyl groups excluding tert-OH is 1. The van der Waals surface area contributed by atoms with Crippen LogP contribution in [0.15, 0.2) is 24.3 Å². The van der Waals surface area contributed by atoms with Crippen LogP contribution in [-0.4, -0.2) is 41.8 Å². The van der Waals surface area contributed by atoms with Gasteiger partial charge < -0.3 is 9.84 Å². The van der Waals surface area contributed by atoms with E-state index in [1.54, 1.807) is 24.3 Å². The largest absolute Gasteiger partial charge is 0.491 e. The molecule has 2 rings (SSSR count). The number of likely N-dealkylation sites (tertiary alicyclic amines) is 1. The Morgan fingerprint density at radius 3 is 2.79 bits per heavy atom. The molecule has 1 aliphatic rings. The standard InChI is InChI=1S/C15H20N2O2/c1-12-3-2-8-17(12)10-14(18)11-19-15-6-4-13(9-16)5-7-15/h4-7,12,14,18H,2-3,8,10-11H2,1H3. The lowest BCUT2D eigenvalue weighted by molar-refractivity contribution is 0.0662. The number of nitriles is 1. The van der Waals surface area contributed by atoms with Crippen LogP contribution >= 0.6 is 0 Å². The van der Waals surface area contributed by atoms with Gasteiger partial charge in [-0.1, -0.05) is 0 Å². The van der Waals surface area contributed by atoms with E-state index in [1.807, 2.05) is 0 Å². The monoisotopic (exact) mass is 260 g/mol. The smallest absolute Gasteiger partial charge is 0.119 e. The maximum absolute atomic E-state index is 9.97. The molecule has 1 heterocycles.